The zero-order valence-corrected chi connectivity index (χ0v) is 14.8. The molecular weight excluding hydrogens is 352 g/mol. The molecule has 2 aromatic rings. The number of hydrogen-bond donors (Lipinski definition) is 0. The lowest BCUT2D eigenvalue weighted by molar-refractivity contribution is 0.148. The Morgan fingerprint density at radius 2 is 2.08 bits per heavy atom. The van der Waals surface area contributed by atoms with Crippen LogP contribution in [0.4, 0.5) is 8.78 Å². The van der Waals surface area contributed by atoms with Crippen LogP contribution in [0.2, 0.25) is 0 Å². The fourth-order valence-electron chi connectivity index (χ4n) is 3.47. The monoisotopic (exact) mass is 371 g/mol. The van der Waals surface area contributed by atoms with Gasteiger partial charge in [-0.2, -0.15) is 4.98 Å². The molecule has 2 atom stereocenters. The average Bonchev–Trinajstić information content (AvgIpc) is 2.92. The summed E-state index contributed by atoms with van der Waals surface area (Å²) in [6.45, 7) is 1.99. The van der Waals surface area contributed by atoms with Crippen LogP contribution in [-0.2, 0) is 16.3 Å². The average molecular weight is 371 g/mol. The molecule has 2 aromatic heterocycles. The van der Waals surface area contributed by atoms with Gasteiger partial charge in [0, 0.05) is 35.9 Å². The molecule has 0 aromatic carbocycles. The third kappa shape index (κ3) is 3.42. The van der Waals surface area contributed by atoms with E-state index in [0.29, 0.717) is 5.39 Å². The maximum atomic E-state index is 12.8. The van der Waals surface area contributed by atoms with Gasteiger partial charge in [-0.1, -0.05) is 13.3 Å². The molecule has 3 rings (SSSR count). The number of rotatable bonds is 4. The summed E-state index contributed by atoms with van der Waals surface area (Å²) in [4.78, 5) is 20.7. The van der Waals surface area contributed by atoms with Crippen LogP contribution < -0.4 is 5.56 Å². The van der Waals surface area contributed by atoms with Gasteiger partial charge in [0.1, 0.15) is 5.65 Å². The van der Waals surface area contributed by atoms with Gasteiger partial charge in [0.15, 0.2) is 0 Å². The second-order valence-electron chi connectivity index (χ2n) is 6.62. The third-order valence-electron chi connectivity index (χ3n) is 4.68. The normalized spacial score (nSPS) is 21.3. The minimum absolute atomic E-state index is 0.00249. The van der Waals surface area contributed by atoms with Crippen LogP contribution in [0.25, 0.3) is 11.0 Å². The van der Waals surface area contributed by atoms with Crippen LogP contribution in [0.5, 0.6) is 0 Å². The first-order valence-electron chi connectivity index (χ1n) is 8.08. The number of sulfone groups is 1. The number of hydrogen-bond acceptors (Lipinski definition) is 5. The summed E-state index contributed by atoms with van der Waals surface area (Å²) in [6.07, 6.45) is 1.54. The first kappa shape index (κ1) is 17.9. The minimum Gasteiger partial charge on any atom is -0.289 e. The molecule has 25 heavy (non-hydrogen) atoms. The molecule has 6 nitrogen and oxygen atoms in total. The molecule has 1 aliphatic rings. The van der Waals surface area contributed by atoms with Gasteiger partial charge < -0.3 is 0 Å². The predicted octanol–water partition coefficient (Wildman–Crippen LogP) is 2.36. The van der Waals surface area contributed by atoms with Crippen LogP contribution in [0.1, 0.15) is 37.8 Å². The molecule has 0 aliphatic heterocycles. The van der Waals surface area contributed by atoms with Crippen molar-refractivity contribution in [3.05, 3.63) is 28.2 Å². The molecule has 1 aliphatic carbocycles. The quantitative estimate of drug-likeness (QED) is 0.771. The van der Waals surface area contributed by atoms with Crippen molar-refractivity contribution >= 4 is 20.9 Å². The highest BCUT2D eigenvalue weighted by Gasteiger charge is 2.29. The summed E-state index contributed by atoms with van der Waals surface area (Å²) in [7, 11) is -3.65. The van der Waals surface area contributed by atoms with E-state index in [1.54, 1.807) is 0 Å². The zero-order chi connectivity index (χ0) is 18.4. The third-order valence-corrected chi connectivity index (χ3v) is 5.54. The molecule has 0 N–H and O–H groups in total. The molecule has 0 spiro atoms. The highest BCUT2D eigenvalue weighted by atomic mass is 32.2. The fraction of sp³-hybridized carbons (Fsp3) is 0.562. The van der Waals surface area contributed by atoms with Crippen LogP contribution >= 0.6 is 0 Å². The van der Waals surface area contributed by atoms with E-state index < -0.39 is 28.2 Å². The molecular formula is C16H19F2N3O3S. The van der Waals surface area contributed by atoms with Crippen LogP contribution in [-0.4, -0.2) is 35.6 Å². The summed E-state index contributed by atoms with van der Waals surface area (Å²) in [5.41, 5.74) is -0.334. The minimum atomic E-state index is -3.65. The highest BCUT2D eigenvalue weighted by Crippen LogP contribution is 2.36. The van der Waals surface area contributed by atoms with Crippen LogP contribution in [0.15, 0.2) is 22.2 Å². The van der Waals surface area contributed by atoms with Crippen LogP contribution in [0.3, 0.4) is 0 Å². The summed E-state index contributed by atoms with van der Waals surface area (Å²) in [5, 5.41) is 0.0159. The molecule has 0 amide bonds. The highest BCUT2D eigenvalue weighted by molar-refractivity contribution is 7.90. The Morgan fingerprint density at radius 3 is 2.64 bits per heavy atom. The predicted molar refractivity (Wildman–Crippen MR) is 88.7 cm³/mol. The molecule has 0 saturated heterocycles. The summed E-state index contributed by atoms with van der Waals surface area (Å²) >= 11 is 0. The van der Waals surface area contributed by atoms with E-state index in [-0.39, 0.29) is 28.3 Å². The standard InChI is InChI=1S/C16H19F2N3O3S/c1-9-4-3-5-12(9)21-14-11(6-10(15(21)22)7-13(17)18)8-19-16(20-14)25(2,23)24/h6,8-9,12-13H,3-5,7H2,1-2H3. The number of nitrogens with zero attached hydrogens (tertiary/aromatic N) is 3. The van der Waals surface area contributed by atoms with Gasteiger partial charge in [0.25, 0.3) is 5.56 Å². The first-order chi connectivity index (χ1) is 11.7. The summed E-state index contributed by atoms with van der Waals surface area (Å²) in [6, 6.07) is 1.15. The van der Waals surface area contributed by atoms with Crippen molar-refractivity contribution in [3.63, 3.8) is 0 Å². The van der Waals surface area contributed by atoms with E-state index in [0.717, 1.165) is 25.5 Å². The van der Waals surface area contributed by atoms with Crippen LogP contribution in [0, 0.1) is 5.92 Å². The Hall–Kier alpha value is -1.90. The van der Waals surface area contributed by atoms with Crippen molar-refractivity contribution in [2.24, 2.45) is 5.92 Å². The smallest absolute Gasteiger partial charge is 0.255 e. The number of fused-ring (bicyclic) bond motifs is 1. The molecule has 136 valence electrons. The fourth-order valence-corrected chi connectivity index (χ4v) is 3.97. The van der Waals surface area contributed by atoms with Gasteiger partial charge >= 0.3 is 0 Å². The lowest BCUT2D eigenvalue weighted by Gasteiger charge is -2.21. The SMILES string of the molecule is CC1CCCC1n1c(=O)c(CC(F)F)cc2cnc(S(C)(=O)=O)nc21. The van der Waals surface area contributed by atoms with Gasteiger partial charge in [0.2, 0.25) is 21.4 Å². The van der Waals surface area contributed by atoms with Gasteiger partial charge in [-0.15, -0.1) is 0 Å². The van der Waals surface area contributed by atoms with Crippen molar-refractivity contribution in [2.75, 3.05) is 6.26 Å². The summed E-state index contributed by atoms with van der Waals surface area (Å²) in [5.74, 6) is 0.180. The molecule has 1 saturated carbocycles. The summed E-state index contributed by atoms with van der Waals surface area (Å²) < 4.78 is 50.6. The van der Waals surface area contributed by atoms with Crippen molar-refractivity contribution in [2.45, 2.75) is 50.2 Å². The Morgan fingerprint density at radius 1 is 1.36 bits per heavy atom. The second-order valence-corrected chi connectivity index (χ2v) is 8.53. The number of aromatic nitrogens is 3. The second kappa shape index (κ2) is 6.44. The largest absolute Gasteiger partial charge is 0.289 e. The first-order valence-corrected chi connectivity index (χ1v) is 9.97. The van der Waals surface area contributed by atoms with Crippen molar-refractivity contribution in [1.29, 1.82) is 0 Å². The molecule has 0 bridgehead atoms. The number of pyridine rings is 1. The molecule has 2 heterocycles. The van der Waals surface area contributed by atoms with Gasteiger partial charge in [0.05, 0.1) is 0 Å². The lowest BCUT2D eigenvalue weighted by atomic mass is 10.0. The lowest BCUT2D eigenvalue weighted by Crippen LogP contribution is -2.31. The zero-order valence-electron chi connectivity index (χ0n) is 13.9. The van der Waals surface area contributed by atoms with Crippen molar-refractivity contribution < 1.29 is 17.2 Å². The Labute approximate surface area is 143 Å². The Bertz CT molecular complexity index is 972. The van der Waals surface area contributed by atoms with Gasteiger partial charge in [-0.25, -0.2) is 22.2 Å². The molecule has 0 radical (unpaired) electrons. The topological polar surface area (TPSA) is 81.9 Å². The number of alkyl halides is 2. The van der Waals surface area contributed by atoms with E-state index >= 15 is 0 Å². The van der Waals surface area contributed by atoms with Gasteiger partial charge in [-0.05, 0) is 24.8 Å². The number of halogens is 2. The Kier molecular flexibility index (Phi) is 4.61. The van der Waals surface area contributed by atoms with Crippen molar-refractivity contribution in [1.82, 2.24) is 14.5 Å². The molecule has 2 unspecified atom stereocenters. The maximum absolute atomic E-state index is 12.8. The maximum Gasteiger partial charge on any atom is 0.255 e. The van der Waals surface area contributed by atoms with E-state index in [2.05, 4.69) is 9.97 Å². The van der Waals surface area contributed by atoms with E-state index in [9.17, 15) is 22.0 Å². The van der Waals surface area contributed by atoms with E-state index in [1.165, 1.54) is 16.8 Å². The van der Waals surface area contributed by atoms with E-state index in [4.69, 9.17) is 0 Å². The Balaban J connectivity index is 2.32. The van der Waals surface area contributed by atoms with Gasteiger partial charge in [-0.3, -0.25) is 9.36 Å². The van der Waals surface area contributed by atoms with Crippen molar-refractivity contribution in [3.8, 4) is 0 Å². The molecule has 9 heteroatoms. The molecule has 1 fully saturated rings. The van der Waals surface area contributed by atoms with E-state index in [1.807, 2.05) is 6.92 Å².